The Morgan fingerprint density at radius 2 is 1.46 bits per heavy atom. The van der Waals surface area contributed by atoms with Crippen molar-refractivity contribution in [3.05, 3.63) is 58.6 Å². The van der Waals surface area contributed by atoms with Crippen LogP contribution in [0.5, 0.6) is 0 Å². The molecule has 0 saturated heterocycles. The summed E-state index contributed by atoms with van der Waals surface area (Å²) < 4.78 is 38.0. The van der Waals surface area contributed by atoms with Crippen molar-refractivity contribution >= 4 is 13.4 Å². The predicted octanol–water partition coefficient (Wildman–Crippen LogP) is 7.86. The highest BCUT2D eigenvalue weighted by Crippen LogP contribution is 2.49. The molecule has 10 nitrogen and oxygen atoms in total. The lowest BCUT2D eigenvalue weighted by Crippen LogP contribution is -2.32. The van der Waals surface area contributed by atoms with Crippen molar-refractivity contribution in [1.82, 2.24) is 9.55 Å². The van der Waals surface area contributed by atoms with Crippen LogP contribution in [0.25, 0.3) is 0 Å². The number of anilines is 1. The van der Waals surface area contributed by atoms with Gasteiger partial charge in [0.15, 0.2) is 0 Å². The molecule has 0 saturated carbocycles. The van der Waals surface area contributed by atoms with Crippen LogP contribution in [-0.4, -0.2) is 53.0 Å². The highest BCUT2D eigenvalue weighted by atomic mass is 31.2. The van der Waals surface area contributed by atoms with E-state index in [9.17, 15) is 14.5 Å². The second-order valence-corrected chi connectivity index (χ2v) is 14.2. The van der Waals surface area contributed by atoms with Gasteiger partial charge in [-0.2, -0.15) is 4.98 Å². The Bertz CT molecular complexity index is 1130. The fraction of sp³-hybridized carbons (Fsp3) is 0.714. The number of aliphatic hydroxyl groups is 1. The normalized spacial score (nSPS) is 14.2. The molecule has 11 heteroatoms. The number of nitrogens with zero attached hydrogens (tertiary/aromatic N) is 2. The summed E-state index contributed by atoms with van der Waals surface area (Å²) in [5.74, 6) is 0.103. The summed E-state index contributed by atoms with van der Waals surface area (Å²) in [4.78, 5) is 15.8. The average Bonchev–Trinajstić information content (AvgIpc) is 3.06. The van der Waals surface area contributed by atoms with Crippen LogP contribution in [0.3, 0.4) is 0 Å². The van der Waals surface area contributed by atoms with Crippen LogP contribution in [0.1, 0.15) is 116 Å². The maximum Gasteiger partial charge on any atom is 0.356 e. The molecule has 0 aliphatic carbocycles. The standard InChI is InChI=1S/C35H60N3O7P/c1-3-4-5-6-7-8-9-10-11-12-13-14-15-17-20-31(2)42-25-26-44-46(41,45-29-32-21-18-16-19-22-32)30-43-33(28-39)27-38-24-23-34(36)37-35(38)40/h16,18-19,21-24,31,33,39H,3-15,17,20,25-30H2,1-2H3,(H2,36,37,40). The third-order valence-corrected chi connectivity index (χ3v) is 9.54. The van der Waals surface area contributed by atoms with Gasteiger partial charge >= 0.3 is 13.3 Å². The summed E-state index contributed by atoms with van der Waals surface area (Å²) in [6, 6.07) is 10.8. The molecular formula is C35H60N3O7P. The molecule has 0 fully saturated rings. The summed E-state index contributed by atoms with van der Waals surface area (Å²) in [6.07, 6.45) is 20.0. The molecule has 0 spiro atoms. The first-order valence-electron chi connectivity index (χ1n) is 17.4. The highest BCUT2D eigenvalue weighted by Gasteiger charge is 2.28. The topological polar surface area (TPSA) is 135 Å². The Morgan fingerprint density at radius 3 is 2.04 bits per heavy atom. The molecule has 0 aliphatic rings. The molecule has 262 valence electrons. The van der Waals surface area contributed by atoms with Gasteiger partial charge in [0.25, 0.3) is 0 Å². The van der Waals surface area contributed by atoms with E-state index >= 15 is 0 Å². The Hall–Kier alpha value is -2.07. The molecule has 0 amide bonds. The molecule has 1 aromatic carbocycles. The Morgan fingerprint density at radius 1 is 0.848 bits per heavy atom. The lowest BCUT2D eigenvalue weighted by molar-refractivity contribution is 0.00663. The van der Waals surface area contributed by atoms with Crippen molar-refractivity contribution in [2.75, 3.05) is 31.9 Å². The van der Waals surface area contributed by atoms with E-state index in [1.54, 1.807) is 0 Å². The van der Waals surface area contributed by atoms with Crippen molar-refractivity contribution in [3.8, 4) is 0 Å². The van der Waals surface area contributed by atoms with E-state index in [0.717, 1.165) is 18.4 Å². The molecule has 46 heavy (non-hydrogen) atoms. The smallest absolute Gasteiger partial charge is 0.356 e. The number of benzene rings is 1. The molecule has 2 aromatic rings. The van der Waals surface area contributed by atoms with E-state index in [0.29, 0.717) is 0 Å². The number of nitrogen functional groups attached to an aromatic ring is 1. The third-order valence-electron chi connectivity index (χ3n) is 7.98. The minimum absolute atomic E-state index is 0.00117. The SMILES string of the molecule is CCCCCCCCCCCCCCCCC(C)OCCOP(=O)(COC(CO)Cn1ccc(N)nc1=O)OCc1ccccc1. The van der Waals surface area contributed by atoms with E-state index in [-0.39, 0.29) is 38.3 Å². The van der Waals surface area contributed by atoms with Crippen molar-refractivity contribution in [1.29, 1.82) is 0 Å². The van der Waals surface area contributed by atoms with Gasteiger partial charge in [0.2, 0.25) is 0 Å². The summed E-state index contributed by atoms with van der Waals surface area (Å²) in [5, 5.41) is 9.83. The average molecular weight is 666 g/mol. The second-order valence-electron chi connectivity index (χ2n) is 12.2. The van der Waals surface area contributed by atoms with Crippen LogP contribution in [0.4, 0.5) is 5.82 Å². The molecule has 2 rings (SSSR count). The van der Waals surface area contributed by atoms with Crippen LogP contribution < -0.4 is 11.4 Å². The van der Waals surface area contributed by atoms with Gasteiger partial charge in [0, 0.05) is 6.20 Å². The minimum Gasteiger partial charge on any atom is -0.394 e. The molecular weight excluding hydrogens is 605 g/mol. The first kappa shape index (κ1) is 40.1. The number of ether oxygens (including phenoxy) is 2. The van der Waals surface area contributed by atoms with Crippen LogP contribution in [-0.2, 0) is 36.2 Å². The van der Waals surface area contributed by atoms with Crippen LogP contribution in [0, 0.1) is 0 Å². The zero-order valence-corrected chi connectivity index (χ0v) is 29.3. The largest absolute Gasteiger partial charge is 0.394 e. The van der Waals surface area contributed by atoms with Gasteiger partial charge in [-0.1, -0.05) is 127 Å². The zero-order valence-electron chi connectivity index (χ0n) is 28.4. The maximum absolute atomic E-state index is 13.6. The lowest BCUT2D eigenvalue weighted by atomic mass is 10.0. The van der Waals surface area contributed by atoms with Gasteiger partial charge < -0.3 is 29.4 Å². The number of hydrogen-bond acceptors (Lipinski definition) is 9. The molecule has 0 bridgehead atoms. The number of rotatable bonds is 29. The summed E-state index contributed by atoms with van der Waals surface area (Å²) in [6.45, 7) is 4.33. The van der Waals surface area contributed by atoms with E-state index in [4.69, 9.17) is 24.3 Å². The molecule has 1 aromatic heterocycles. The van der Waals surface area contributed by atoms with Crippen LogP contribution in [0.2, 0.25) is 0 Å². The predicted molar refractivity (Wildman–Crippen MR) is 185 cm³/mol. The first-order valence-corrected chi connectivity index (χ1v) is 19.2. The molecule has 3 unspecified atom stereocenters. The third kappa shape index (κ3) is 18.9. The first-order chi connectivity index (χ1) is 22.3. The Labute approximate surface area is 276 Å². The fourth-order valence-electron chi connectivity index (χ4n) is 5.15. The maximum atomic E-state index is 13.6. The van der Waals surface area contributed by atoms with Gasteiger partial charge in [-0.05, 0) is 25.0 Å². The van der Waals surface area contributed by atoms with E-state index in [1.807, 2.05) is 30.3 Å². The van der Waals surface area contributed by atoms with Gasteiger partial charge in [-0.25, -0.2) is 4.79 Å². The molecule has 0 aliphatic heterocycles. The van der Waals surface area contributed by atoms with E-state index < -0.39 is 32.3 Å². The number of nitrogens with two attached hydrogens (primary N) is 1. The number of aromatic nitrogens is 2. The van der Waals surface area contributed by atoms with Gasteiger partial charge in [0.1, 0.15) is 12.2 Å². The lowest BCUT2D eigenvalue weighted by Gasteiger charge is -2.23. The molecule has 0 radical (unpaired) electrons. The van der Waals surface area contributed by atoms with Crippen LogP contribution >= 0.6 is 7.60 Å². The van der Waals surface area contributed by atoms with Gasteiger partial charge in [-0.15, -0.1) is 0 Å². The minimum atomic E-state index is -3.72. The molecule has 3 atom stereocenters. The zero-order chi connectivity index (χ0) is 33.3. The van der Waals surface area contributed by atoms with Crippen molar-refractivity contribution in [3.63, 3.8) is 0 Å². The Balaban J connectivity index is 1.65. The van der Waals surface area contributed by atoms with Crippen molar-refractivity contribution in [2.24, 2.45) is 0 Å². The van der Waals surface area contributed by atoms with Crippen molar-refractivity contribution in [2.45, 2.75) is 136 Å². The molecule has 1 heterocycles. The number of aliphatic hydroxyl groups excluding tert-OH is 1. The van der Waals surface area contributed by atoms with E-state index in [2.05, 4.69) is 18.8 Å². The fourth-order valence-corrected chi connectivity index (χ4v) is 6.47. The monoisotopic (exact) mass is 665 g/mol. The summed E-state index contributed by atoms with van der Waals surface area (Å²) >= 11 is 0. The van der Waals surface area contributed by atoms with Crippen molar-refractivity contribution < 1.29 is 28.2 Å². The van der Waals surface area contributed by atoms with Gasteiger partial charge in [0.05, 0.1) is 45.2 Å². The summed E-state index contributed by atoms with van der Waals surface area (Å²) in [7, 11) is -3.72. The second kappa shape index (κ2) is 25.0. The van der Waals surface area contributed by atoms with Gasteiger partial charge in [-0.3, -0.25) is 9.13 Å². The quantitative estimate of drug-likeness (QED) is 0.0657. The van der Waals surface area contributed by atoms with E-state index in [1.165, 1.54) is 100 Å². The summed E-state index contributed by atoms with van der Waals surface area (Å²) in [5.41, 5.74) is 5.82. The van der Waals surface area contributed by atoms with Crippen LogP contribution in [0.15, 0.2) is 47.4 Å². The molecule has 3 N–H and O–H groups in total. The highest BCUT2D eigenvalue weighted by molar-refractivity contribution is 7.53. The number of unbranched alkanes of at least 4 members (excludes halogenated alkanes) is 13. The number of hydrogen-bond donors (Lipinski definition) is 2. The Kier molecular flexibility index (Phi) is 21.8.